The van der Waals surface area contributed by atoms with Crippen molar-refractivity contribution in [3.8, 4) is 0 Å². The minimum absolute atomic E-state index is 0. The fraction of sp³-hybridized carbons (Fsp3) is 0.900. The SMILES string of the molecule is CCCCC(CC)COC(=O)C[S-].CCCCC(CC)COC(=O)C[S-].[Ba+2]. The molecule has 0 aromatic carbocycles. The number of hydrogen-bond donors (Lipinski definition) is 0. The molecule has 0 heterocycles. The Kier molecular flexibility index (Phi) is 30.7. The molecule has 4 nitrogen and oxygen atoms in total. The molecule has 0 aromatic heterocycles. The Labute approximate surface area is 218 Å². The van der Waals surface area contributed by atoms with Crippen molar-refractivity contribution in [3.05, 3.63) is 0 Å². The van der Waals surface area contributed by atoms with E-state index in [2.05, 4.69) is 53.0 Å². The molecule has 0 radical (unpaired) electrons. The molecule has 0 saturated carbocycles. The van der Waals surface area contributed by atoms with Crippen LogP contribution >= 0.6 is 0 Å². The molecule has 0 aliphatic rings. The largest absolute Gasteiger partial charge is 2.00 e. The van der Waals surface area contributed by atoms with Gasteiger partial charge in [-0.1, -0.05) is 77.7 Å². The van der Waals surface area contributed by atoms with Crippen LogP contribution in [0.3, 0.4) is 0 Å². The van der Waals surface area contributed by atoms with Crippen LogP contribution in [-0.2, 0) is 44.3 Å². The van der Waals surface area contributed by atoms with Crippen LogP contribution in [0.4, 0.5) is 0 Å². The summed E-state index contributed by atoms with van der Waals surface area (Å²) in [6, 6.07) is 0. The third-order valence-electron chi connectivity index (χ3n) is 4.28. The summed E-state index contributed by atoms with van der Waals surface area (Å²) in [7, 11) is 0. The van der Waals surface area contributed by atoms with Crippen LogP contribution in [0, 0.1) is 11.8 Å². The number of hydrogen-bond acceptors (Lipinski definition) is 6. The van der Waals surface area contributed by atoms with Crippen molar-refractivity contribution in [1.82, 2.24) is 0 Å². The predicted molar refractivity (Wildman–Crippen MR) is 119 cm³/mol. The molecule has 0 aliphatic carbocycles. The van der Waals surface area contributed by atoms with Gasteiger partial charge in [-0.05, 0) is 24.7 Å². The van der Waals surface area contributed by atoms with E-state index in [1.807, 2.05) is 0 Å². The first kappa shape index (κ1) is 32.9. The normalized spacial score (nSPS) is 12.1. The van der Waals surface area contributed by atoms with E-state index in [1.165, 1.54) is 25.7 Å². The molecule has 0 rings (SSSR count). The van der Waals surface area contributed by atoms with Gasteiger partial charge in [0.1, 0.15) is 0 Å². The van der Waals surface area contributed by atoms with Crippen molar-refractivity contribution in [1.29, 1.82) is 0 Å². The maximum absolute atomic E-state index is 10.8. The zero-order valence-electron chi connectivity index (χ0n) is 17.8. The van der Waals surface area contributed by atoms with E-state index in [-0.39, 0.29) is 72.3 Å². The Morgan fingerprint density at radius 2 is 1.07 bits per heavy atom. The summed E-state index contributed by atoms with van der Waals surface area (Å²) < 4.78 is 10.00. The van der Waals surface area contributed by atoms with Crippen molar-refractivity contribution >= 4 is 86.1 Å². The fourth-order valence-electron chi connectivity index (χ4n) is 2.30. The third kappa shape index (κ3) is 23.4. The van der Waals surface area contributed by atoms with Crippen LogP contribution < -0.4 is 0 Å². The van der Waals surface area contributed by atoms with Crippen molar-refractivity contribution in [2.24, 2.45) is 11.8 Å². The average molecular weight is 544 g/mol. The second-order valence-corrected chi connectivity index (χ2v) is 7.07. The molecule has 2 unspecified atom stereocenters. The Bertz CT molecular complexity index is 312. The molecule has 0 amide bonds. The Hall–Kier alpha value is 1.21. The first-order valence-electron chi connectivity index (χ1n) is 9.96. The van der Waals surface area contributed by atoms with E-state index < -0.39 is 0 Å². The van der Waals surface area contributed by atoms with Crippen LogP contribution in [0.2, 0.25) is 0 Å². The summed E-state index contributed by atoms with van der Waals surface area (Å²) in [5.74, 6) is 0.667. The smallest absolute Gasteiger partial charge is 0.782 e. The third-order valence-corrected chi connectivity index (χ3v) is 4.75. The van der Waals surface area contributed by atoms with Gasteiger partial charge in [0, 0.05) is 0 Å². The second kappa shape index (κ2) is 25.2. The van der Waals surface area contributed by atoms with E-state index in [0.717, 1.165) is 25.7 Å². The van der Waals surface area contributed by atoms with Gasteiger partial charge in [-0.2, -0.15) is 0 Å². The van der Waals surface area contributed by atoms with Crippen LogP contribution in [0.15, 0.2) is 0 Å². The van der Waals surface area contributed by atoms with Crippen molar-refractivity contribution < 1.29 is 19.1 Å². The standard InChI is InChI=1S/2C10H20O2S.Ba/c2*1-3-5-6-9(4-2)7-12-10(11)8-13;/h2*9,13H,3-8H2,1-2H3;/q;;+2/p-2. The molecule has 0 bridgehead atoms. The zero-order chi connectivity index (χ0) is 20.2. The topological polar surface area (TPSA) is 52.6 Å². The molecule has 0 aliphatic heterocycles. The molecule has 0 spiro atoms. The van der Waals surface area contributed by atoms with Gasteiger partial charge in [0.05, 0.1) is 13.2 Å². The summed E-state index contributed by atoms with van der Waals surface area (Å²) in [5, 5.41) is 0. The zero-order valence-corrected chi connectivity index (χ0v) is 23.9. The predicted octanol–water partition coefficient (Wildman–Crippen LogP) is 4.21. The number of ether oxygens (including phenoxy) is 2. The Balaban J connectivity index is -0.000000411. The second-order valence-electron chi connectivity index (χ2n) is 6.49. The molecule has 0 aromatic rings. The van der Waals surface area contributed by atoms with Gasteiger partial charge in [0.2, 0.25) is 0 Å². The number of carbonyl (C=O) groups is 2. The molecular formula is C20H38BaO4S2. The summed E-state index contributed by atoms with van der Waals surface area (Å²) in [6.45, 7) is 9.69. The van der Waals surface area contributed by atoms with Gasteiger partial charge in [-0.25, -0.2) is 0 Å². The number of unbranched alkanes of at least 4 members (excludes halogenated alkanes) is 2. The summed E-state index contributed by atoms with van der Waals surface area (Å²) >= 11 is 9.15. The van der Waals surface area contributed by atoms with E-state index >= 15 is 0 Å². The minimum atomic E-state index is -0.259. The van der Waals surface area contributed by atoms with Gasteiger partial charge in [0.25, 0.3) is 11.9 Å². The van der Waals surface area contributed by atoms with Crippen molar-refractivity contribution in [3.63, 3.8) is 0 Å². The first-order valence-corrected chi connectivity index (χ1v) is 11.1. The van der Waals surface area contributed by atoms with E-state index in [0.29, 0.717) is 25.0 Å². The van der Waals surface area contributed by atoms with E-state index in [9.17, 15) is 9.59 Å². The Morgan fingerprint density at radius 1 is 0.741 bits per heavy atom. The number of carbonyl (C=O) groups excluding carboxylic acids is 2. The maximum Gasteiger partial charge on any atom is 2.00 e. The van der Waals surface area contributed by atoms with E-state index in [4.69, 9.17) is 9.47 Å². The van der Waals surface area contributed by atoms with E-state index in [1.54, 1.807) is 0 Å². The Morgan fingerprint density at radius 3 is 1.30 bits per heavy atom. The molecular weight excluding hydrogens is 506 g/mol. The average Bonchev–Trinajstić information content (AvgIpc) is 2.68. The van der Waals surface area contributed by atoms with Gasteiger partial charge in [-0.3, -0.25) is 9.59 Å². The van der Waals surface area contributed by atoms with Crippen LogP contribution in [0.5, 0.6) is 0 Å². The first-order chi connectivity index (χ1) is 12.5. The number of esters is 2. The summed E-state index contributed by atoms with van der Waals surface area (Å²) in [5.41, 5.74) is 0. The van der Waals surface area contributed by atoms with Crippen LogP contribution in [0.25, 0.3) is 0 Å². The molecule has 0 fully saturated rings. The molecule has 0 N–H and O–H groups in total. The van der Waals surface area contributed by atoms with Crippen molar-refractivity contribution in [2.45, 2.75) is 79.1 Å². The molecule has 0 saturated heterocycles. The summed E-state index contributed by atoms with van der Waals surface area (Å²) in [6.07, 6.45) is 9.27. The van der Waals surface area contributed by atoms with Gasteiger partial charge < -0.3 is 34.7 Å². The molecule has 7 heteroatoms. The fourth-order valence-corrected chi connectivity index (χ4v) is 2.47. The van der Waals surface area contributed by atoms with Gasteiger partial charge in [-0.15, -0.1) is 0 Å². The quantitative estimate of drug-likeness (QED) is 0.186. The molecule has 156 valence electrons. The number of rotatable bonds is 14. The summed E-state index contributed by atoms with van der Waals surface area (Å²) in [4.78, 5) is 21.6. The van der Waals surface area contributed by atoms with Gasteiger partial charge >= 0.3 is 48.9 Å². The van der Waals surface area contributed by atoms with Crippen LogP contribution in [0.1, 0.15) is 79.1 Å². The van der Waals surface area contributed by atoms with Gasteiger partial charge in [0.15, 0.2) is 0 Å². The van der Waals surface area contributed by atoms with Crippen molar-refractivity contribution in [2.75, 3.05) is 24.7 Å². The monoisotopic (exact) mass is 544 g/mol. The molecule has 27 heavy (non-hydrogen) atoms. The minimum Gasteiger partial charge on any atom is -0.782 e. The molecule has 2 atom stereocenters. The van der Waals surface area contributed by atoms with Crippen LogP contribution in [-0.4, -0.2) is 85.5 Å². The maximum atomic E-state index is 10.8.